The average Bonchev–Trinajstić information content (AvgIpc) is 2.64. The van der Waals surface area contributed by atoms with Crippen LogP contribution in [0.5, 0.6) is 0 Å². The number of amides is 2. The van der Waals surface area contributed by atoms with Gasteiger partial charge in [0.2, 0.25) is 11.8 Å². The Hall–Kier alpha value is -2.48. The van der Waals surface area contributed by atoms with E-state index in [4.69, 9.17) is 18.0 Å². The van der Waals surface area contributed by atoms with Crippen molar-refractivity contribution < 1.29 is 9.59 Å². The number of aromatic amines is 1. The average molecular weight is 374 g/mol. The Morgan fingerprint density at radius 3 is 2.62 bits per heavy atom. The second kappa shape index (κ2) is 7.82. The van der Waals surface area contributed by atoms with Crippen LogP contribution in [0.25, 0.3) is 10.9 Å². The molecular formula is C18H22N4O3S. The third kappa shape index (κ3) is 3.85. The molecule has 2 heterocycles. The molecule has 0 spiro atoms. The Kier molecular flexibility index (Phi) is 5.51. The number of likely N-dealkylation sites (tertiary alicyclic amines) is 1. The van der Waals surface area contributed by atoms with Crippen molar-refractivity contribution in [2.45, 2.75) is 32.2 Å². The second-order valence-electron chi connectivity index (χ2n) is 6.59. The van der Waals surface area contributed by atoms with Gasteiger partial charge in [-0.3, -0.25) is 19.0 Å². The molecule has 1 aliphatic rings. The number of H-pyrrole nitrogens is 1. The summed E-state index contributed by atoms with van der Waals surface area (Å²) in [6.07, 6.45) is 2.12. The van der Waals surface area contributed by atoms with E-state index in [1.54, 1.807) is 11.0 Å². The highest BCUT2D eigenvalue weighted by molar-refractivity contribution is 7.71. The van der Waals surface area contributed by atoms with E-state index in [1.807, 2.05) is 18.2 Å². The molecule has 3 rings (SSSR count). The minimum Gasteiger partial charge on any atom is -0.369 e. The topological polar surface area (TPSA) is 101 Å². The molecule has 0 unspecified atom stereocenters. The Labute approximate surface area is 155 Å². The second-order valence-corrected chi connectivity index (χ2v) is 6.98. The van der Waals surface area contributed by atoms with Crippen molar-refractivity contribution in [3.63, 3.8) is 0 Å². The summed E-state index contributed by atoms with van der Waals surface area (Å²) in [5.41, 5.74) is 5.89. The highest BCUT2D eigenvalue weighted by Crippen LogP contribution is 2.17. The lowest BCUT2D eigenvalue weighted by molar-refractivity contribution is -0.135. The van der Waals surface area contributed by atoms with E-state index in [-0.39, 0.29) is 23.3 Å². The molecule has 0 atom stereocenters. The number of nitrogens with zero attached hydrogens (tertiary/aromatic N) is 2. The van der Waals surface area contributed by atoms with Crippen LogP contribution in [0, 0.1) is 10.7 Å². The Balaban J connectivity index is 1.59. The van der Waals surface area contributed by atoms with Gasteiger partial charge in [0.05, 0.1) is 10.9 Å². The number of hydrogen-bond acceptors (Lipinski definition) is 4. The highest BCUT2D eigenvalue weighted by atomic mass is 32.1. The van der Waals surface area contributed by atoms with Crippen LogP contribution in [0.15, 0.2) is 29.1 Å². The van der Waals surface area contributed by atoms with Crippen molar-refractivity contribution in [1.29, 1.82) is 0 Å². The molecule has 0 saturated carbocycles. The quantitative estimate of drug-likeness (QED) is 0.776. The van der Waals surface area contributed by atoms with Crippen molar-refractivity contribution >= 4 is 34.9 Å². The Morgan fingerprint density at radius 1 is 1.23 bits per heavy atom. The monoisotopic (exact) mass is 374 g/mol. The summed E-state index contributed by atoms with van der Waals surface area (Å²) in [4.78, 5) is 40.9. The normalized spacial score (nSPS) is 15.3. The molecule has 7 nitrogen and oxygen atoms in total. The Bertz CT molecular complexity index is 941. The van der Waals surface area contributed by atoms with E-state index in [2.05, 4.69) is 4.98 Å². The molecule has 26 heavy (non-hydrogen) atoms. The van der Waals surface area contributed by atoms with Crippen molar-refractivity contribution in [3.05, 3.63) is 39.4 Å². The first-order valence-corrected chi connectivity index (χ1v) is 9.17. The lowest BCUT2D eigenvalue weighted by Gasteiger charge is -2.30. The van der Waals surface area contributed by atoms with Gasteiger partial charge in [-0.2, -0.15) is 0 Å². The van der Waals surface area contributed by atoms with Crippen LogP contribution in [0.1, 0.15) is 25.7 Å². The number of hydrogen-bond donors (Lipinski definition) is 2. The van der Waals surface area contributed by atoms with Crippen molar-refractivity contribution in [2.75, 3.05) is 13.1 Å². The smallest absolute Gasteiger partial charge is 0.262 e. The minimum absolute atomic E-state index is 0.0386. The largest absolute Gasteiger partial charge is 0.369 e. The van der Waals surface area contributed by atoms with Crippen LogP contribution in [0.3, 0.4) is 0 Å². The summed E-state index contributed by atoms with van der Waals surface area (Å²) in [5.74, 6) is -0.382. The molecule has 0 aliphatic carbocycles. The SMILES string of the molecule is NC(=O)C1CCN(C(=O)CCCn2c(=S)[nH]c3ccccc3c2=O)CC1. The van der Waals surface area contributed by atoms with E-state index >= 15 is 0 Å². The maximum atomic E-state index is 12.6. The van der Waals surface area contributed by atoms with Crippen LogP contribution < -0.4 is 11.3 Å². The number of piperidine rings is 1. The first kappa shape index (κ1) is 18.3. The zero-order valence-electron chi connectivity index (χ0n) is 14.4. The number of aromatic nitrogens is 2. The number of nitrogens with two attached hydrogens (primary N) is 1. The third-order valence-corrected chi connectivity index (χ3v) is 5.23. The summed E-state index contributed by atoms with van der Waals surface area (Å²) in [6, 6.07) is 7.23. The lowest BCUT2D eigenvalue weighted by atomic mass is 9.96. The molecule has 138 valence electrons. The molecule has 3 N–H and O–H groups in total. The number of rotatable bonds is 5. The minimum atomic E-state index is -0.290. The van der Waals surface area contributed by atoms with Gasteiger partial charge in [-0.05, 0) is 43.6 Å². The van der Waals surface area contributed by atoms with E-state index in [1.165, 1.54) is 4.57 Å². The third-order valence-electron chi connectivity index (χ3n) is 4.91. The molecule has 2 amide bonds. The van der Waals surface area contributed by atoms with Gasteiger partial charge in [0.1, 0.15) is 0 Å². The van der Waals surface area contributed by atoms with Gasteiger partial charge >= 0.3 is 0 Å². The number of fused-ring (bicyclic) bond motifs is 1. The number of benzene rings is 1. The molecule has 2 aromatic rings. The summed E-state index contributed by atoms with van der Waals surface area (Å²) in [5, 5.41) is 0.584. The predicted octanol–water partition coefficient (Wildman–Crippen LogP) is 1.56. The lowest BCUT2D eigenvalue weighted by Crippen LogP contribution is -2.41. The summed E-state index contributed by atoms with van der Waals surface area (Å²) < 4.78 is 1.87. The van der Waals surface area contributed by atoms with Gasteiger partial charge in [0, 0.05) is 32.0 Å². The summed E-state index contributed by atoms with van der Waals surface area (Å²) >= 11 is 5.28. The number of carbonyl (C=O) groups excluding carboxylic acids is 2. The van der Waals surface area contributed by atoms with Crippen molar-refractivity contribution in [1.82, 2.24) is 14.5 Å². The van der Waals surface area contributed by atoms with E-state index in [0.29, 0.717) is 61.0 Å². The van der Waals surface area contributed by atoms with Crippen LogP contribution in [0.2, 0.25) is 0 Å². The van der Waals surface area contributed by atoms with Gasteiger partial charge in [0.15, 0.2) is 4.77 Å². The molecule has 0 bridgehead atoms. The predicted molar refractivity (Wildman–Crippen MR) is 101 cm³/mol. The van der Waals surface area contributed by atoms with Crippen LogP contribution in [0.4, 0.5) is 0 Å². The molecule has 8 heteroatoms. The van der Waals surface area contributed by atoms with E-state index in [0.717, 1.165) is 0 Å². The van der Waals surface area contributed by atoms with Crippen LogP contribution in [-0.4, -0.2) is 39.4 Å². The first-order chi connectivity index (χ1) is 12.5. The van der Waals surface area contributed by atoms with Crippen LogP contribution in [-0.2, 0) is 16.1 Å². The fourth-order valence-electron chi connectivity index (χ4n) is 3.36. The van der Waals surface area contributed by atoms with Crippen LogP contribution >= 0.6 is 12.2 Å². The van der Waals surface area contributed by atoms with Gasteiger partial charge in [-0.1, -0.05) is 12.1 Å². The van der Waals surface area contributed by atoms with E-state index < -0.39 is 0 Å². The molecule has 1 aromatic heterocycles. The molecule has 0 radical (unpaired) electrons. The van der Waals surface area contributed by atoms with Crippen molar-refractivity contribution in [3.8, 4) is 0 Å². The zero-order chi connectivity index (χ0) is 18.7. The standard InChI is InChI=1S/C18H22N4O3S/c19-16(24)12-7-10-21(11-8-12)15(23)6-3-9-22-17(25)13-4-1-2-5-14(13)20-18(22)26/h1-2,4-5,12H,3,6-11H2,(H2,19,24)(H,20,26). The number of para-hydroxylation sites is 1. The van der Waals surface area contributed by atoms with Gasteiger partial charge < -0.3 is 15.6 Å². The Morgan fingerprint density at radius 2 is 1.92 bits per heavy atom. The maximum Gasteiger partial charge on any atom is 0.262 e. The summed E-state index contributed by atoms with van der Waals surface area (Å²) in [6.45, 7) is 1.51. The summed E-state index contributed by atoms with van der Waals surface area (Å²) in [7, 11) is 0. The van der Waals surface area contributed by atoms with Crippen molar-refractivity contribution in [2.24, 2.45) is 11.7 Å². The van der Waals surface area contributed by atoms with E-state index in [9.17, 15) is 14.4 Å². The molecular weight excluding hydrogens is 352 g/mol. The number of primary amides is 1. The molecule has 1 aliphatic heterocycles. The molecule has 1 aromatic carbocycles. The fraction of sp³-hybridized carbons (Fsp3) is 0.444. The van der Waals surface area contributed by atoms with Gasteiger partial charge in [-0.25, -0.2) is 0 Å². The van der Waals surface area contributed by atoms with Gasteiger partial charge in [0.25, 0.3) is 5.56 Å². The zero-order valence-corrected chi connectivity index (χ0v) is 15.3. The maximum absolute atomic E-state index is 12.6. The fourth-order valence-corrected chi connectivity index (χ4v) is 3.65. The number of carbonyl (C=O) groups is 2. The first-order valence-electron chi connectivity index (χ1n) is 8.76. The highest BCUT2D eigenvalue weighted by Gasteiger charge is 2.25. The molecule has 1 saturated heterocycles. The molecule has 1 fully saturated rings. The van der Waals surface area contributed by atoms with Gasteiger partial charge in [-0.15, -0.1) is 0 Å². The number of nitrogens with one attached hydrogen (secondary N) is 1.